The lowest BCUT2D eigenvalue weighted by molar-refractivity contribution is -0.119. The lowest BCUT2D eigenvalue weighted by Crippen LogP contribution is -2.20. The Balaban J connectivity index is 1.97. The van der Waals surface area contributed by atoms with Crippen LogP contribution >= 0.6 is 23.2 Å². The molecule has 5 nitrogen and oxygen atoms in total. The second-order valence-electron chi connectivity index (χ2n) is 5.40. The van der Waals surface area contributed by atoms with E-state index in [0.717, 1.165) is 0 Å². The zero-order chi connectivity index (χ0) is 18.1. The molecule has 0 saturated carbocycles. The number of allylic oxidation sites excluding steroid dienone is 1. The fourth-order valence-electron chi connectivity index (χ4n) is 2.45. The molecule has 3 rings (SSSR count). The van der Waals surface area contributed by atoms with Crippen molar-refractivity contribution in [3.05, 3.63) is 62.8 Å². The predicted octanol–water partition coefficient (Wildman–Crippen LogP) is 3.78. The van der Waals surface area contributed by atoms with E-state index in [9.17, 15) is 9.59 Å². The normalized spacial score (nSPS) is 14.4. The predicted molar refractivity (Wildman–Crippen MR) is 95.3 cm³/mol. The third-order valence-corrected chi connectivity index (χ3v) is 4.34. The summed E-state index contributed by atoms with van der Waals surface area (Å²) in [5, 5.41) is 0.823. The number of nitrogens with two attached hydrogens (primary N) is 1. The van der Waals surface area contributed by atoms with E-state index in [1.54, 1.807) is 37.3 Å². The minimum atomic E-state index is -0.592. The average molecular weight is 378 g/mol. The van der Waals surface area contributed by atoms with Gasteiger partial charge in [-0.15, -0.1) is 0 Å². The second-order valence-corrected chi connectivity index (χ2v) is 6.21. The van der Waals surface area contributed by atoms with Crippen LogP contribution in [0.5, 0.6) is 11.5 Å². The first-order valence-electron chi connectivity index (χ1n) is 7.31. The van der Waals surface area contributed by atoms with E-state index in [1.807, 2.05) is 0 Å². The van der Waals surface area contributed by atoms with Gasteiger partial charge < -0.3 is 15.2 Å². The number of hydrogen-bond donors (Lipinski definition) is 1. The Labute approximate surface area is 153 Å². The van der Waals surface area contributed by atoms with Crippen LogP contribution in [0.4, 0.5) is 0 Å². The summed E-state index contributed by atoms with van der Waals surface area (Å²) in [6.07, 6.45) is 1.51. The van der Waals surface area contributed by atoms with Gasteiger partial charge in [0.05, 0.1) is 5.56 Å². The third kappa shape index (κ3) is 3.34. The van der Waals surface area contributed by atoms with Crippen molar-refractivity contribution in [3.8, 4) is 11.5 Å². The smallest absolute Gasteiger partial charge is 0.255 e. The van der Waals surface area contributed by atoms with Gasteiger partial charge in [0.2, 0.25) is 5.78 Å². The molecule has 0 aliphatic carbocycles. The topological polar surface area (TPSA) is 78.6 Å². The van der Waals surface area contributed by atoms with Gasteiger partial charge in [-0.25, -0.2) is 0 Å². The molecule has 1 aliphatic heterocycles. The van der Waals surface area contributed by atoms with Gasteiger partial charge in [-0.3, -0.25) is 9.59 Å². The molecule has 7 heteroatoms. The van der Waals surface area contributed by atoms with Crippen LogP contribution in [-0.2, 0) is 4.79 Å². The van der Waals surface area contributed by atoms with E-state index in [4.69, 9.17) is 38.4 Å². The van der Waals surface area contributed by atoms with Crippen LogP contribution in [0, 0.1) is 6.92 Å². The summed E-state index contributed by atoms with van der Waals surface area (Å²) in [4.78, 5) is 23.4. The van der Waals surface area contributed by atoms with Crippen molar-refractivity contribution >= 4 is 41.0 Å². The van der Waals surface area contributed by atoms with Crippen LogP contribution in [0.2, 0.25) is 10.0 Å². The fraction of sp³-hybridized carbons (Fsp3) is 0.111. The highest BCUT2D eigenvalue weighted by molar-refractivity contribution is 6.37. The third-order valence-electron chi connectivity index (χ3n) is 3.68. The summed E-state index contributed by atoms with van der Waals surface area (Å²) < 4.78 is 11.0. The van der Waals surface area contributed by atoms with Crippen molar-refractivity contribution < 1.29 is 19.1 Å². The number of halogens is 2. The average Bonchev–Trinajstić information content (AvgIpc) is 2.87. The number of carbonyl (C=O) groups excluding carboxylic acids is 2. The molecule has 1 aliphatic rings. The SMILES string of the molecule is Cc1c(OCC(N)=O)ccc2c1O/C(=C\c1c(Cl)cccc1Cl)C2=O. The number of primary amides is 1. The zero-order valence-electron chi connectivity index (χ0n) is 13.1. The number of ketones is 1. The molecule has 0 fully saturated rings. The van der Waals surface area contributed by atoms with Gasteiger partial charge in [0.15, 0.2) is 12.4 Å². The summed E-state index contributed by atoms with van der Waals surface area (Å²) in [5.41, 5.74) is 6.58. The number of amides is 1. The van der Waals surface area contributed by atoms with Crippen LogP contribution in [0.15, 0.2) is 36.1 Å². The van der Waals surface area contributed by atoms with E-state index in [-0.39, 0.29) is 18.1 Å². The number of Topliss-reactive ketones (excluding diaryl/α,β-unsaturated/α-hetero) is 1. The first-order valence-corrected chi connectivity index (χ1v) is 8.07. The molecule has 0 spiro atoms. The molecule has 0 aromatic heterocycles. The molecular weight excluding hydrogens is 365 g/mol. The lowest BCUT2D eigenvalue weighted by atomic mass is 10.1. The molecular formula is C18H13Cl2NO4. The minimum Gasteiger partial charge on any atom is -0.483 e. The molecule has 0 saturated heterocycles. The molecule has 1 heterocycles. The van der Waals surface area contributed by atoms with Gasteiger partial charge in [0.25, 0.3) is 5.91 Å². The molecule has 0 bridgehead atoms. The first kappa shape index (κ1) is 17.3. The standard InChI is InChI=1S/C18H13Cl2NO4/c1-9-14(24-8-16(21)22)6-5-10-17(23)15(25-18(9)10)7-11-12(19)3-2-4-13(11)20/h2-7H,8H2,1H3,(H2,21,22)/b15-7-. The molecule has 2 aromatic carbocycles. The van der Waals surface area contributed by atoms with Gasteiger partial charge in [-0.1, -0.05) is 29.3 Å². The van der Waals surface area contributed by atoms with Crippen molar-refractivity contribution in [2.45, 2.75) is 6.92 Å². The number of hydrogen-bond acceptors (Lipinski definition) is 4. The van der Waals surface area contributed by atoms with E-state index in [1.165, 1.54) is 6.08 Å². The van der Waals surface area contributed by atoms with E-state index in [0.29, 0.717) is 38.2 Å². The molecule has 2 N–H and O–H groups in total. The molecule has 25 heavy (non-hydrogen) atoms. The maximum absolute atomic E-state index is 12.6. The molecule has 2 aromatic rings. The van der Waals surface area contributed by atoms with Gasteiger partial charge >= 0.3 is 0 Å². The Kier molecular flexibility index (Phi) is 4.70. The highest BCUT2D eigenvalue weighted by Gasteiger charge is 2.30. The Morgan fingerprint density at radius 1 is 1.24 bits per heavy atom. The van der Waals surface area contributed by atoms with Crippen LogP contribution < -0.4 is 15.2 Å². The summed E-state index contributed by atoms with van der Waals surface area (Å²) in [7, 11) is 0. The molecule has 0 atom stereocenters. The maximum Gasteiger partial charge on any atom is 0.255 e. The first-order chi connectivity index (χ1) is 11.9. The van der Waals surface area contributed by atoms with E-state index >= 15 is 0 Å². The highest BCUT2D eigenvalue weighted by Crippen LogP contribution is 2.40. The van der Waals surface area contributed by atoms with Crippen molar-refractivity contribution in [2.24, 2.45) is 5.73 Å². The van der Waals surface area contributed by atoms with Crippen LogP contribution in [0.3, 0.4) is 0 Å². The summed E-state index contributed by atoms with van der Waals surface area (Å²) in [6.45, 7) is 1.47. The second kappa shape index (κ2) is 6.78. The molecule has 128 valence electrons. The number of rotatable bonds is 4. The fourth-order valence-corrected chi connectivity index (χ4v) is 2.96. The van der Waals surface area contributed by atoms with Crippen LogP contribution in [0.1, 0.15) is 21.5 Å². The monoisotopic (exact) mass is 377 g/mol. The molecule has 0 radical (unpaired) electrons. The van der Waals surface area contributed by atoms with Crippen molar-refractivity contribution in [2.75, 3.05) is 6.61 Å². The zero-order valence-corrected chi connectivity index (χ0v) is 14.6. The van der Waals surface area contributed by atoms with Crippen LogP contribution in [-0.4, -0.2) is 18.3 Å². The van der Waals surface area contributed by atoms with Gasteiger partial charge in [0, 0.05) is 21.2 Å². The van der Waals surface area contributed by atoms with E-state index in [2.05, 4.69) is 0 Å². The molecule has 1 amide bonds. The summed E-state index contributed by atoms with van der Waals surface area (Å²) in [5.74, 6) is 0.0327. The van der Waals surface area contributed by atoms with E-state index < -0.39 is 5.91 Å². The van der Waals surface area contributed by atoms with Crippen molar-refractivity contribution in [1.82, 2.24) is 0 Å². The minimum absolute atomic E-state index is 0.111. The number of benzene rings is 2. The summed E-state index contributed by atoms with van der Waals surface area (Å²) >= 11 is 12.3. The molecule has 0 unspecified atom stereocenters. The van der Waals surface area contributed by atoms with Gasteiger partial charge in [0.1, 0.15) is 11.5 Å². The lowest BCUT2D eigenvalue weighted by Gasteiger charge is -2.10. The van der Waals surface area contributed by atoms with Crippen molar-refractivity contribution in [3.63, 3.8) is 0 Å². The number of fused-ring (bicyclic) bond motifs is 1. The van der Waals surface area contributed by atoms with Gasteiger partial charge in [-0.2, -0.15) is 0 Å². The largest absolute Gasteiger partial charge is 0.483 e. The summed E-state index contributed by atoms with van der Waals surface area (Å²) in [6, 6.07) is 8.24. The van der Waals surface area contributed by atoms with Gasteiger partial charge in [-0.05, 0) is 37.3 Å². The Bertz CT molecular complexity index is 901. The maximum atomic E-state index is 12.6. The van der Waals surface area contributed by atoms with Crippen molar-refractivity contribution in [1.29, 1.82) is 0 Å². The number of carbonyl (C=O) groups is 2. The Hall–Kier alpha value is -2.50. The highest BCUT2D eigenvalue weighted by atomic mass is 35.5. The Morgan fingerprint density at radius 2 is 1.92 bits per heavy atom. The quantitative estimate of drug-likeness (QED) is 0.822. The Morgan fingerprint density at radius 3 is 2.56 bits per heavy atom. The number of ether oxygens (including phenoxy) is 2. The van der Waals surface area contributed by atoms with Crippen LogP contribution in [0.25, 0.3) is 6.08 Å².